The molecule has 98 valence electrons. The minimum atomic E-state index is -0.448. The molecule has 0 radical (unpaired) electrons. The summed E-state index contributed by atoms with van der Waals surface area (Å²) in [4.78, 5) is 0. The highest BCUT2D eigenvalue weighted by Gasteiger charge is 2.39. The summed E-state index contributed by atoms with van der Waals surface area (Å²) in [6.45, 7) is 3.31. The monoisotopic (exact) mass is 248 g/mol. The van der Waals surface area contributed by atoms with Gasteiger partial charge in [0.25, 0.3) is 0 Å². The van der Waals surface area contributed by atoms with Crippen LogP contribution in [0.2, 0.25) is 0 Å². The van der Waals surface area contributed by atoms with Crippen LogP contribution in [0.25, 0.3) is 0 Å². The van der Waals surface area contributed by atoms with Crippen molar-refractivity contribution in [2.75, 3.05) is 34.5 Å². The summed E-state index contributed by atoms with van der Waals surface area (Å²) in [6.07, 6.45) is 2.14. The number of likely N-dealkylation sites (N-methyl/N-ethyl adjacent to an activating group) is 1. The van der Waals surface area contributed by atoms with Crippen molar-refractivity contribution in [3.8, 4) is 0 Å². The number of nitrogens with zero attached hydrogens (tertiary/aromatic N) is 1. The van der Waals surface area contributed by atoms with Crippen molar-refractivity contribution >= 4 is 0 Å². The van der Waals surface area contributed by atoms with Crippen LogP contribution in [-0.4, -0.2) is 39.0 Å². The zero-order valence-electron chi connectivity index (χ0n) is 11.6. The fourth-order valence-electron chi connectivity index (χ4n) is 2.01. The molecule has 0 aromatic heterocycles. The average molecular weight is 248 g/mol. The molecule has 1 aromatic carbocycles. The Balaban J connectivity index is 2.27. The van der Waals surface area contributed by atoms with Crippen LogP contribution >= 0.6 is 0 Å². The third-order valence-electron chi connectivity index (χ3n) is 3.18. The third-order valence-corrected chi connectivity index (χ3v) is 3.18. The van der Waals surface area contributed by atoms with Crippen LogP contribution in [0.4, 0.5) is 0 Å². The molecule has 0 bridgehead atoms. The molecule has 0 spiro atoms. The lowest BCUT2D eigenvalue weighted by molar-refractivity contribution is -0.864. The lowest BCUT2D eigenvalue weighted by atomic mass is 9.93. The topological polar surface area (TPSA) is 18.5 Å². The van der Waals surface area contributed by atoms with E-state index in [0.29, 0.717) is 6.79 Å². The van der Waals surface area contributed by atoms with Gasteiger partial charge in [-0.1, -0.05) is 30.3 Å². The first kappa shape index (κ1) is 13.1. The van der Waals surface area contributed by atoms with E-state index < -0.39 is 5.60 Å². The van der Waals surface area contributed by atoms with E-state index in [4.69, 9.17) is 9.47 Å². The second-order valence-electron chi connectivity index (χ2n) is 5.85. The van der Waals surface area contributed by atoms with Gasteiger partial charge in [0.1, 0.15) is 12.3 Å². The summed E-state index contributed by atoms with van der Waals surface area (Å²) in [7, 11) is 6.48. The molecular formula is C15H22NO2+. The van der Waals surface area contributed by atoms with Crippen LogP contribution in [0.1, 0.15) is 12.5 Å². The molecule has 1 atom stereocenters. The summed E-state index contributed by atoms with van der Waals surface area (Å²) in [5.41, 5.74) is 0.686. The Morgan fingerprint density at radius 2 is 1.89 bits per heavy atom. The van der Waals surface area contributed by atoms with Crippen LogP contribution < -0.4 is 0 Å². The third kappa shape index (κ3) is 2.74. The van der Waals surface area contributed by atoms with Crippen molar-refractivity contribution in [1.82, 2.24) is 0 Å². The molecule has 0 amide bonds. The van der Waals surface area contributed by atoms with Crippen molar-refractivity contribution < 1.29 is 14.0 Å². The molecule has 1 fully saturated rings. The van der Waals surface area contributed by atoms with Gasteiger partial charge < -0.3 is 14.0 Å². The summed E-state index contributed by atoms with van der Waals surface area (Å²) < 4.78 is 12.3. The first-order valence-electron chi connectivity index (χ1n) is 6.25. The normalized spacial score (nSPS) is 26.3. The second kappa shape index (κ2) is 4.75. The Bertz CT molecular complexity index is 434. The van der Waals surface area contributed by atoms with Crippen LogP contribution in [-0.2, 0) is 15.1 Å². The molecule has 1 aromatic rings. The van der Waals surface area contributed by atoms with Crippen molar-refractivity contribution in [3.63, 3.8) is 0 Å². The van der Waals surface area contributed by atoms with Crippen molar-refractivity contribution in [3.05, 3.63) is 47.7 Å². The van der Waals surface area contributed by atoms with Gasteiger partial charge in [-0.25, -0.2) is 0 Å². The number of hydrogen-bond donors (Lipinski definition) is 0. The molecule has 18 heavy (non-hydrogen) atoms. The molecule has 2 rings (SSSR count). The summed E-state index contributed by atoms with van der Waals surface area (Å²) in [5.74, 6) is 0.918. The van der Waals surface area contributed by atoms with E-state index in [1.807, 2.05) is 18.2 Å². The van der Waals surface area contributed by atoms with E-state index >= 15 is 0 Å². The van der Waals surface area contributed by atoms with Crippen LogP contribution in [0.3, 0.4) is 0 Å². The van der Waals surface area contributed by atoms with E-state index in [2.05, 4.69) is 46.3 Å². The number of benzene rings is 1. The van der Waals surface area contributed by atoms with Gasteiger partial charge in [0.05, 0.1) is 21.1 Å². The molecule has 0 aliphatic carbocycles. The van der Waals surface area contributed by atoms with Crippen LogP contribution in [0.5, 0.6) is 0 Å². The molecule has 1 heterocycles. The highest BCUT2D eigenvalue weighted by molar-refractivity contribution is 5.30. The van der Waals surface area contributed by atoms with Crippen LogP contribution in [0, 0.1) is 0 Å². The van der Waals surface area contributed by atoms with E-state index in [-0.39, 0.29) is 0 Å². The smallest absolute Gasteiger partial charge is 0.190 e. The Kier molecular flexibility index (Phi) is 3.46. The Labute approximate surface area is 109 Å². The first-order valence-corrected chi connectivity index (χ1v) is 6.25. The Morgan fingerprint density at radius 1 is 1.22 bits per heavy atom. The van der Waals surface area contributed by atoms with Gasteiger partial charge in [-0.05, 0) is 12.5 Å². The lowest BCUT2D eigenvalue weighted by Crippen LogP contribution is -2.35. The molecule has 0 saturated carbocycles. The van der Waals surface area contributed by atoms with E-state index in [1.54, 1.807) is 0 Å². The zero-order chi connectivity index (χ0) is 13.2. The average Bonchev–Trinajstić information content (AvgIpc) is 2.70. The van der Waals surface area contributed by atoms with Crippen molar-refractivity contribution in [2.24, 2.45) is 0 Å². The maximum atomic E-state index is 5.81. The van der Waals surface area contributed by atoms with Crippen LogP contribution in [0.15, 0.2) is 42.2 Å². The van der Waals surface area contributed by atoms with Gasteiger partial charge in [-0.2, -0.15) is 0 Å². The van der Waals surface area contributed by atoms with Gasteiger partial charge in [-0.15, -0.1) is 0 Å². The van der Waals surface area contributed by atoms with Gasteiger partial charge in [0.2, 0.25) is 0 Å². The van der Waals surface area contributed by atoms with E-state index in [0.717, 1.165) is 22.4 Å². The molecule has 0 N–H and O–H groups in total. The van der Waals surface area contributed by atoms with Gasteiger partial charge in [0.15, 0.2) is 12.4 Å². The standard InChI is InChI=1S/C15H22NO2/c1-15(13-8-6-5-7-9-13)14(17-12-18-15)10-11-16(2,3)4/h5-10H,11-12H2,1-4H3/q+1. The fourth-order valence-corrected chi connectivity index (χ4v) is 2.01. The van der Waals surface area contributed by atoms with Gasteiger partial charge in [0, 0.05) is 6.08 Å². The molecule has 3 heteroatoms. The molecule has 3 nitrogen and oxygen atoms in total. The molecule has 1 aliphatic heterocycles. The van der Waals surface area contributed by atoms with Gasteiger partial charge in [-0.3, -0.25) is 0 Å². The fraction of sp³-hybridized carbons (Fsp3) is 0.467. The zero-order valence-corrected chi connectivity index (χ0v) is 11.6. The largest absolute Gasteiger partial charge is 0.468 e. The number of ether oxygens (including phenoxy) is 2. The predicted molar refractivity (Wildman–Crippen MR) is 71.8 cm³/mol. The maximum absolute atomic E-state index is 5.81. The lowest BCUT2D eigenvalue weighted by Gasteiger charge is -2.25. The van der Waals surface area contributed by atoms with Crippen molar-refractivity contribution in [1.29, 1.82) is 0 Å². The highest BCUT2D eigenvalue weighted by Crippen LogP contribution is 2.38. The Hall–Kier alpha value is -1.32. The second-order valence-corrected chi connectivity index (χ2v) is 5.85. The minimum Gasteiger partial charge on any atom is -0.468 e. The quantitative estimate of drug-likeness (QED) is 0.765. The maximum Gasteiger partial charge on any atom is 0.190 e. The molecule has 1 aliphatic rings. The predicted octanol–water partition coefficient (Wildman–Crippen LogP) is 2.50. The minimum absolute atomic E-state index is 0.328. The summed E-state index contributed by atoms with van der Waals surface area (Å²) in [6, 6.07) is 10.2. The number of rotatable bonds is 3. The molecular weight excluding hydrogens is 226 g/mol. The van der Waals surface area contributed by atoms with Crippen molar-refractivity contribution in [2.45, 2.75) is 12.5 Å². The number of hydrogen-bond acceptors (Lipinski definition) is 2. The van der Waals surface area contributed by atoms with E-state index in [1.165, 1.54) is 0 Å². The number of quaternary nitrogens is 1. The SMILES string of the molecule is CC1(c2ccccc2)OCOC1=CC[N+](C)(C)C. The molecule has 1 saturated heterocycles. The summed E-state index contributed by atoms with van der Waals surface area (Å²) >= 11 is 0. The van der Waals surface area contributed by atoms with Gasteiger partial charge >= 0.3 is 0 Å². The summed E-state index contributed by atoms with van der Waals surface area (Å²) in [5, 5.41) is 0. The Morgan fingerprint density at radius 3 is 2.50 bits per heavy atom. The first-order chi connectivity index (χ1) is 8.42. The molecule has 1 unspecified atom stereocenters. The van der Waals surface area contributed by atoms with E-state index in [9.17, 15) is 0 Å². The highest BCUT2D eigenvalue weighted by atomic mass is 16.7.